The van der Waals surface area contributed by atoms with Crippen molar-refractivity contribution >= 4 is 56.5 Å². The van der Waals surface area contributed by atoms with Crippen LogP contribution >= 0.6 is 34.5 Å². The van der Waals surface area contributed by atoms with Crippen LogP contribution in [0.15, 0.2) is 63.3 Å². The third-order valence-electron chi connectivity index (χ3n) is 4.66. The summed E-state index contributed by atoms with van der Waals surface area (Å²) >= 11 is 13.6. The molecule has 1 aliphatic heterocycles. The molecule has 0 bridgehead atoms. The van der Waals surface area contributed by atoms with Gasteiger partial charge in [-0.25, -0.2) is 4.98 Å². The van der Waals surface area contributed by atoms with Crippen molar-refractivity contribution < 1.29 is 9.21 Å². The van der Waals surface area contributed by atoms with Gasteiger partial charge in [0.15, 0.2) is 10.6 Å². The van der Waals surface area contributed by atoms with E-state index in [1.807, 2.05) is 0 Å². The lowest BCUT2D eigenvalue weighted by atomic mass is 9.99. The van der Waals surface area contributed by atoms with Gasteiger partial charge in [0.25, 0.3) is 5.91 Å². The summed E-state index contributed by atoms with van der Waals surface area (Å²) in [5.74, 6) is -0.390. The maximum Gasteiger partial charge on any atom is 0.297 e. The molecule has 1 amide bonds. The van der Waals surface area contributed by atoms with Crippen LogP contribution in [0.1, 0.15) is 27.7 Å². The summed E-state index contributed by atoms with van der Waals surface area (Å²) in [6.45, 7) is 0. The quantitative estimate of drug-likeness (QED) is 0.434. The minimum Gasteiger partial charge on any atom is -0.450 e. The van der Waals surface area contributed by atoms with Gasteiger partial charge in [-0.15, -0.1) is 11.3 Å². The van der Waals surface area contributed by atoms with E-state index in [2.05, 4.69) is 4.98 Å². The lowest BCUT2D eigenvalue weighted by Gasteiger charge is -2.22. The molecule has 2 aromatic carbocycles. The summed E-state index contributed by atoms with van der Waals surface area (Å²) in [5.41, 5.74) is 1.05. The van der Waals surface area contributed by atoms with Crippen LogP contribution in [0.25, 0.3) is 11.0 Å². The predicted molar refractivity (Wildman–Crippen MR) is 110 cm³/mol. The first-order valence-electron chi connectivity index (χ1n) is 8.30. The Balaban J connectivity index is 1.84. The number of carbonyl (C=O) groups excluding carboxylic acids is 1. The Kier molecular flexibility index (Phi) is 4.01. The first kappa shape index (κ1) is 17.4. The van der Waals surface area contributed by atoms with Crippen molar-refractivity contribution in [2.24, 2.45) is 0 Å². The van der Waals surface area contributed by atoms with Crippen LogP contribution in [-0.4, -0.2) is 10.9 Å². The van der Waals surface area contributed by atoms with Crippen molar-refractivity contribution in [3.8, 4) is 0 Å². The normalized spacial score (nSPS) is 16.0. The van der Waals surface area contributed by atoms with Crippen LogP contribution in [-0.2, 0) is 0 Å². The van der Waals surface area contributed by atoms with Gasteiger partial charge in [0.2, 0.25) is 5.76 Å². The first-order chi connectivity index (χ1) is 13.6. The molecule has 0 saturated heterocycles. The van der Waals surface area contributed by atoms with Gasteiger partial charge in [-0.05, 0) is 29.8 Å². The minimum atomic E-state index is -0.704. The largest absolute Gasteiger partial charge is 0.450 e. The standard InChI is InChI=1S/C20H10Cl2N2O3S/c21-12-6-5-10(9-13(12)22)16-15-17(25)11-3-1-2-4-14(11)27-18(15)19(26)24(16)20-23-7-8-28-20/h1-9,16H. The van der Waals surface area contributed by atoms with Gasteiger partial charge in [-0.1, -0.05) is 41.4 Å². The highest BCUT2D eigenvalue weighted by Crippen LogP contribution is 2.42. The van der Waals surface area contributed by atoms with Gasteiger partial charge in [-0.2, -0.15) is 0 Å². The lowest BCUT2D eigenvalue weighted by Crippen LogP contribution is -2.29. The van der Waals surface area contributed by atoms with Crippen molar-refractivity contribution in [2.75, 3.05) is 4.90 Å². The van der Waals surface area contributed by atoms with Crippen LogP contribution in [0.4, 0.5) is 5.13 Å². The monoisotopic (exact) mass is 428 g/mol. The van der Waals surface area contributed by atoms with E-state index >= 15 is 0 Å². The van der Waals surface area contributed by atoms with Gasteiger partial charge in [0.1, 0.15) is 5.58 Å². The summed E-state index contributed by atoms with van der Waals surface area (Å²) in [5, 5.41) is 3.38. The van der Waals surface area contributed by atoms with Crippen LogP contribution in [0.2, 0.25) is 10.0 Å². The topological polar surface area (TPSA) is 63.4 Å². The number of rotatable bonds is 2. The van der Waals surface area contributed by atoms with E-state index < -0.39 is 11.9 Å². The fraction of sp³-hybridized carbons (Fsp3) is 0.0500. The maximum absolute atomic E-state index is 13.3. The van der Waals surface area contributed by atoms with Crippen molar-refractivity contribution in [1.82, 2.24) is 4.98 Å². The zero-order chi connectivity index (χ0) is 19.4. The molecule has 1 atom stereocenters. The van der Waals surface area contributed by atoms with Crippen molar-refractivity contribution in [3.63, 3.8) is 0 Å². The number of carbonyl (C=O) groups is 1. The van der Waals surface area contributed by atoms with Crippen LogP contribution < -0.4 is 10.3 Å². The average Bonchev–Trinajstić information content (AvgIpc) is 3.31. The number of para-hydroxylation sites is 1. The average molecular weight is 429 g/mol. The van der Waals surface area contributed by atoms with Crippen LogP contribution in [0.5, 0.6) is 0 Å². The second kappa shape index (κ2) is 6.44. The van der Waals surface area contributed by atoms with E-state index in [1.54, 1.807) is 54.0 Å². The summed E-state index contributed by atoms with van der Waals surface area (Å²) < 4.78 is 5.86. The van der Waals surface area contributed by atoms with E-state index in [9.17, 15) is 9.59 Å². The molecule has 28 heavy (non-hydrogen) atoms. The van der Waals surface area contributed by atoms with E-state index in [0.717, 1.165) is 0 Å². The number of amides is 1. The molecule has 2 aromatic heterocycles. The number of thiazole rings is 1. The lowest BCUT2D eigenvalue weighted by molar-refractivity contribution is 0.0971. The number of halogens is 2. The SMILES string of the molecule is O=C1c2oc3ccccc3c(=O)c2C(c2ccc(Cl)c(Cl)c2)N1c1nccs1. The number of hydrogen-bond acceptors (Lipinski definition) is 5. The minimum absolute atomic E-state index is 0.0231. The molecular weight excluding hydrogens is 419 g/mol. The maximum atomic E-state index is 13.3. The smallest absolute Gasteiger partial charge is 0.297 e. The summed E-state index contributed by atoms with van der Waals surface area (Å²) in [6, 6.07) is 11.2. The van der Waals surface area contributed by atoms with Gasteiger partial charge in [0, 0.05) is 11.6 Å². The molecular formula is C20H10Cl2N2O3S. The molecule has 0 radical (unpaired) electrons. The number of nitrogens with zero attached hydrogens (tertiary/aromatic N) is 2. The molecule has 138 valence electrons. The van der Waals surface area contributed by atoms with Gasteiger partial charge in [-0.3, -0.25) is 14.5 Å². The third kappa shape index (κ3) is 2.49. The van der Waals surface area contributed by atoms with Gasteiger partial charge >= 0.3 is 0 Å². The number of anilines is 1. The van der Waals surface area contributed by atoms with E-state index in [0.29, 0.717) is 31.7 Å². The molecule has 3 heterocycles. The second-order valence-corrected chi connectivity index (χ2v) is 7.92. The number of fused-ring (bicyclic) bond motifs is 2. The summed E-state index contributed by atoms with van der Waals surface area (Å²) in [6.07, 6.45) is 1.61. The fourth-order valence-electron chi connectivity index (χ4n) is 3.45. The molecule has 0 spiro atoms. The fourth-order valence-corrected chi connectivity index (χ4v) is 4.42. The summed E-state index contributed by atoms with van der Waals surface area (Å²) in [7, 11) is 0. The van der Waals surface area contributed by atoms with Crippen LogP contribution in [0.3, 0.4) is 0 Å². The Hall–Kier alpha value is -2.67. The Labute approximate surface area is 172 Å². The van der Waals surface area contributed by atoms with Gasteiger partial charge in [0.05, 0.1) is 27.0 Å². The van der Waals surface area contributed by atoms with Crippen LogP contribution in [0, 0.1) is 0 Å². The number of hydrogen-bond donors (Lipinski definition) is 0. The molecule has 0 aliphatic carbocycles. The molecule has 0 fully saturated rings. The van der Waals surface area contributed by atoms with E-state index in [4.69, 9.17) is 27.6 Å². The highest BCUT2D eigenvalue weighted by atomic mass is 35.5. The predicted octanol–water partition coefficient (Wildman–Crippen LogP) is 5.31. The third-order valence-corrected chi connectivity index (χ3v) is 6.17. The molecule has 1 aliphatic rings. The molecule has 1 unspecified atom stereocenters. The first-order valence-corrected chi connectivity index (χ1v) is 9.93. The molecule has 5 rings (SSSR count). The number of benzene rings is 2. The Morgan fingerprint density at radius 3 is 2.64 bits per heavy atom. The molecule has 0 N–H and O–H groups in total. The van der Waals surface area contributed by atoms with Gasteiger partial charge < -0.3 is 4.42 Å². The Morgan fingerprint density at radius 2 is 1.89 bits per heavy atom. The molecule has 5 nitrogen and oxygen atoms in total. The zero-order valence-corrected chi connectivity index (χ0v) is 16.4. The van der Waals surface area contributed by atoms with Crippen molar-refractivity contribution in [2.45, 2.75) is 6.04 Å². The molecule has 0 saturated carbocycles. The Bertz CT molecular complexity index is 1300. The molecule has 8 heteroatoms. The second-order valence-electron chi connectivity index (χ2n) is 6.24. The van der Waals surface area contributed by atoms with Crippen molar-refractivity contribution in [1.29, 1.82) is 0 Å². The van der Waals surface area contributed by atoms with E-state index in [-0.39, 0.29) is 16.8 Å². The Morgan fingerprint density at radius 1 is 1.07 bits per heavy atom. The van der Waals surface area contributed by atoms with E-state index in [1.165, 1.54) is 16.2 Å². The molecule has 4 aromatic rings. The zero-order valence-electron chi connectivity index (χ0n) is 14.1. The van der Waals surface area contributed by atoms with Crippen molar-refractivity contribution in [3.05, 3.63) is 91.2 Å². The number of aromatic nitrogens is 1. The highest BCUT2D eigenvalue weighted by molar-refractivity contribution is 7.13. The summed E-state index contributed by atoms with van der Waals surface area (Å²) in [4.78, 5) is 32.3. The highest BCUT2D eigenvalue weighted by Gasteiger charge is 2.44.